The summed E-state index contributed by atoms with van der Waals surface area (Å²) in [7, 11) is -0.490. The minimum absolute atomic E-state index is 0.312. The molecule has 0 saturated heterocycles. The Morgan fingerprint density at radius 2 is 1.53 bits per heavy atom. The van der Waals surface area contributed by atoms with Crippen molar-refractivity contribution in [3.8, 4) is 11.5 Å². The number of hydrogen-bond acceptors (Lipinski definition) is 5. The van der Waals surface area contributed by atoms with Crippen LogP contribution in [0.25, 0.3) is 0 Å². The molecule has 7 nitrogen and oxygen atoms in total. The maximum absolute atomic E-state index is 12.8. The number of carbonyl (C=O) groups excluding carboxylic acids is 1. The van der Waals surface area contributed by atoms with E-state index < -0.39 is 16.1 Å². The molecule has 0 radical (unpaired) electrons. The van der Waals surface area contributed by atoms with Crippen molar-refractivity contribution in [2.24, 2.45) is 0 Å². The van der Waals surface area contributed by atoms with Crippen LogP contribution in [0.4, 0.5) is 5.69 Å². The molecule has 0 unspecified atom stereocenters. The normalized spacial score (nSPS) is 12.1. The highest BCUT2D eigenvalue weighted by atomic mass is 32.2. The number of hydrogen-bond donors (Lipinski definition) is 1. The Balaban J connectivity index is 2.02. The number of ether oxygens (including phenoxy) is 2. The number of anilines is 1. The van der Waals surface area contributed by atoms with Gasteiger partial charge in [-0.15, -0.1) is 0 Å². The molecule has 8 heteroatoms. The fourth-order valence-electron chi connectivity index (χ4n) is 3.20. The van der Waals surface area contributed by atoms with Crippen molar-refractivity contribution in [1.29, 1.82) is 0 Å². The molecule has 2 rings (SSSR count). The monoisotopic (exact) mass is 434 g/mol. The third-order valence-corrected chi connectivity index (χ3v) is 5.94. The predicted molar refractivity (Wildman–Crippen MR) is 119 cm³/mol. The summed E-state index contributed by atoms with van der Waals surface area (Å²) in [4.78, 5) is 12.8. The lowest BCUT2D eigenvalue weighted by Gasteiger charge is -2.30. The van der Waals surface area contributed by atoms with Crippen molar-refractivity contribution in [2.45, 2.75) is 32.2 Å². The number of nitrogens with zero attached hydrogens (tertiary/aromatic N) is 1. The zero-order chi connectivity index (χ0) is 22.1. The Labute approximate surface area is 179 Å². The molecule has 0 heterocycles. The number of amides is 1. The Hall–Kier alpha value is -2.74. The summed E-state index contributed by atoms with van der Waals surface area (Å²) in [5, 5.41) is 2.88. The molecule has 0 saturated carbocycles. The van der Waals surface area contributed by atoms with Crippen molar-refractivity contribution in [3.05, 3.63) is 54.1 Å². The van der Waals surface area contributed by atoms with Crippen LogP contribution in [0.2, 0.25) is 0 Å². The molecule has 164 valence electrons. The summed E-state index contributed by atoms with van der Waals surface area (Å²) < 4.78 is 36.4. The first kappa shape index (κ1) is 23.5. The fourth-order valence-corrected chi connectivity index (χ4v) is 4.42. The predicted octanol–water partition coefficient (Wildman–Crippen LogP) is 3.00. The van der Waals surface area contributed by atoms with Crippen LogP contribution < -0.4 is 19.1 Å². The smallest absolute Gasteiger partial charge is 0.243 e. The Bertz CT molecular complexity index is 912. The number of sulfonamides is 1. The van der Waals surface area contributed by atoms with E-state index in [1.54, 1.807) is 38.3 Å². The minimum Gasteiger partial charge on any atom is -0.497 e. The van der Waals surface area contributed by atoms with Crippen LogP contribution in [0.15, 0.2) is 48.5 Å². The molecule has 0 aliphatic carbocycles. The molecule has 1 N–H and O–H groups in total. The highest BCUT2D eigenvalue weighted by Gasteiger charge is 2.31. The van der Waals surface area contributed by atoms with Crippen LogP contribution in [0.5, 0.6) is 11.5 Å². The van der Waals surface area contributed by atoms with Gasteiger partial charge in [0.1, 0.15) is 17.5 Å². The second kappa shape index (κ2) is 10.9. The molecule has 30 heavy (non-hydrogen) atoms. The lowest BCUT2D eigenvalue weighted by Crippen LogP contribution is -2.49. The summed E-state index contributed by atoms with van der Waals surface area (Å²) in [6, 6.07) is 13.6. The topological polar surface area (TPSA) is 84.9 Å². The van der Waals surface area contributed by atoms with Crippen molar-refractivity contribution in [3.63, 3.8) is 0 Å². The van der Waals surface area contributed by atoms with E-state index in [1.165, 1.54) is 11.4 Å². The van der Waals surface area contributed by atoms with E-state index in [4.69, 9.17) is 9.47 Å². The van der Waals surface area contributed by atoms with Gasteiger partial charge in [-0.2, -0.15) is 0 Å². The quantitative estimate of drug-likeness (QED) is 0.550. The number of methoxy groups -OCH3 is 2. The van der Waals surface area contributed by atoms with Gasteiger partial charge in [0, 0.05) is 6.54 Å². The van der Waals surface area contributed by atoms with Crippen molar-refractivity contribution >= 4 is 21.6 Å². The molecular weight excluding hydrogens is 404 g/mol. The van der Waals surface area contributed by atoms with Gasteiger partial charge in [-0.3, -0.25) is 9.10 Å². The molecule has 0 spiro atoms. The summed E-state index contributed by atoms with van der Waals surface area (Å²) in [6.07, 6.45) is 3.01. The van der Waals surface area contributed by atoms with Crippen molar-refractivity contribution in [1.82, 2.24) is 5.32 Å². The number of benzene rings is 2. The lowest BCUT2D eigenvalue weighted by molar-refractivity contribution is -0.122. The summed E-state index contributed by atoms with van der Waals surface area (Å²) >= 11 is 0. The molecule has 1 atom stereocenters. The number of carbonyl (C=O) groups is 1. The van der Waals surface area contributed by atoms with Gasteiger partial charge in [-0.25, -0.2) is 8.42 Å². The number of aryl methyl sites for hydroxylation is 1. The largest absolute Gasteiger partial charge is 0.497 e. The molecule has 0 fully saturated rings. The summed E-state index contributed by atoms with van der Waals surface area (Å²) in [5.74, 6) is 1.11. The van der Waals surface area contributed by atoms with Crippen LogP contribution in [0, 0.1) is 0 Å². The van der Waals surface area contributed by atoms with E-state index in [1.807, 2.05) is 24.3 Å². The lowest BCUT2D eigenvalue weighted by atomic mass is 10.1. The first-order chi connectivity index (χ1) is 14.3. The number of nitrogens with one attached hydrogen (secondary N) is 1. The fraction of sp³-hybridized carbons (Fsp3) is 0.409. The SMILES string of the molecule is CC[C@H](C(=O)NCCCc1ccc(OC)cc1)N(c1ccc(OC)cc1)S(C)(=O)=O. The van der Waals surface area contributed by atoms with Crippen molar-refractivity contribution < 1.29 is 22.7 Å². The standard InChI is InChI=1S/C22H30N2O5S/c1-5-21(24(30(4,26)27)18-10-14-20(29-3)15-11-18)22(25)23-16-6-7-17-8-12-19(28-2)13-9-17/h8-15,21H,5-7,16H2,1-4H3,(H,23,25)/t21-/m1/s1. The van der Waals surface area contributed by atoms with Gasteiger partial charge in [0.2, 0.25) is 15.9 Å². The average molecular weight is 435 g/mol. The van der Waals surface area contributed by atoms with Gasteiger partial charge < -0.3 is 14.8 Å². The third-order valence-electron chi connectivity index (χ3n) is 4.76. The Morgan fingerprint density at radius 3 is 2.00 bits per heavy atom. The molecule has 0 bridgehead atoms. The maximum Gasteiger partial charge on any atom is 0.243 e. The number of rotatable bonds is 11. The average Bonchev–Trinajstić information content (AvgIpc) is 2.74. The van der Waals surface area contributed by atoms with Gasteiger partial charge in [-0.1, -0.05) is 19.1 Å². The summed E-state index contributed by atoms with van der Waals surface area (Å²) in [6.45, 7) is 2.25. The summed E-state index contributed by atoms with van der Waals surface area (Å²) in [5.41, 5.74) is 1.58. The van der Waals surface area contributed by atoms with Crippen molar-refractivity contribution in [2.75, 3.05) is 31.3 Å². The van der Waals surface area contributed by atoms with Gasteiger partial charge in [0.15, 0.2) is 0 Å². The second-order valence-corrected chi connectivity index (χ2v) is 8.78. The molecular formula is C22H30N2O5S. The first-order valence-electron chi connectivity index (χ1n) is 9.84. The van der Waals surface area contributed by atoms with Crippen LogP contribution in [-0.2, 0) is 21.2 Å². The van der Waals surface area contributed by atoms with E-state index in [0.717, 1.165) is 30.4 Å². The van der Waals surface area contributed by atoms with E-state index in [-0.39, 0.29) is 5.91 Å². The van der Waals surface area contributed by atoms with E-state index in [9.17, 15) is 13.2 Å². The zero-order valence-electron chi connectivity index (χ0n) is 17.9. The van der Waals surface area contributed by atoms with Gasteiger partial charge >= 0.3 is 0 Å². The van der Waals surface area contributed by atoms with Gasteiger partial charge in [-0.05, 0) is 61.2 Å². The maximum atomic E-state index is 12.8. The highest BCUT2D eigenvalue weighted by molar-refractivity contribution is 7.92. The van der Waals surface area contributed by atoms with E-state index in [0.29, 0.717) is 24.4 Å². The zero-order valence-corrected chi connectivity index (χ0v) is 18.7. The Morgan fingerprint density at radius 1 is 1.00 bits per heavy atom. The van der Waals surface area contributed by atoms with Gasteiger partial charge in [0.25, 0.3) is 0 Å². The van der Waals surface area contributed by atoms with E-state index >= 15 is 0 Å². The van der Waals surface area contributed by atoms with Gasteiger partial charge in [0.05, 0.1) is 26.2 Å². The molecule has 0 aliphatic rings. The van der Waals surface area contributed by atoms with Crippen LogP contribution >= 0.6 is 0 Å². The van der Waals surface area contributed by atoms with Crippen LogP contribution in [0.1, 0.15) is 25.3 Å². The highest BCUT2D eigenvalue weighted by Crippen LogP contribution is 2.25. The Kier molecular flexibility index (Phi) is 8.53. The molecule has 0 aliphatic heterocycles. The molecule has 1 amide bonds. The second-order valence-electron chi connectivity index (χ2n) is 6.92. The minimum atomic E-state index is -3.65. The van der Waals surface area contributed by atoms with Crippen LogP contribution in [-0.4, -0.2) is 47.4 Å². The first-order valence-corrected chi connectivity index (χ1v) is 11.7. The van der Waals surface area contributed by atoms with Crippen LogP contribution in [0.3, 0.4) is 0 Å². The molecule has 0 aromatic heterocycles. The molecule has 2 aromatic rings. The molecule has 2 aromatic carbocycles. The van der Waals surface area contributed by atoms with E-state index in [2.05, 4.69) is 5.32 Å². The third kappa shape index (κ3) is 6.38.